The summed E-state index contributed by atoms with van der Waals surface area (Å²) < 4.78 is 33.7. The smallest absolute Gasteiger partial charge is 0.271 e. The fourth-order valence-electron chi connectivity index (χ4n) is 3.80. The number of morpholine rings is 1. The van der Waals surface area contributed by atoms with Gasteiger partial charge in [0, 0.05) is 30.4 Å². The van der Waals surface area contributed by atoms with Crippen molar-refractivity contribution in [3.05, 3.63) is 33.1 Å². The lowest BCUT2D eigenvalue weighted by Crippen LogP contribution is -2.55. The van der Waals surface area contributed by atoms with Crippen LogP contribution in [0.25, 0.3) is 0 Å². The summed E-state index contributed by atoms with van der Waals surface area (Å²) in [6.07, 6.45) is 1.54. The number of nitrogens with zero attached hydrogens (tertiary/aromatic N) is 2. The van der Waals surface area contributed by atoms with Gasteiger partial charge in [0.15, 0.2) is 0 Å². The second kappa shape index (κ2) is 9.89. The average Bonchev–Trinajstić information content (AvgIpc) is 3.29. The highest BCUT2D eigenvalue weighted by Crippen LogP contribution is 2.29. The van der Waals surface area contributed by atoms with E-state index in [0.717, 1.165) is 4.88 Å². The van der Waals surface area contributed by atoms with E-state index in [1.807, 2.05) is 13.8 Å². The number of halogens is 1. The molecule has 0 radical (unpaired) electrons. The minimum atomic E-state index is -3.76. The molecule has 1 fully saturated rings. The molecule has 1 aromatic rings. The number of carbonyl (C=O) groups is 2. The summed E-state index contributed by atoms with van der Waals surface area (Å²) in [5, 5.41) is 0. The van der Waals surface area contributed by atoms with Crippen molar-refractivity contribution in [1.29, 1.82) is 0 Å². The summed E-state index contributed by atoms with van der Waals surface area (Å²) in [7, 11) is -3.76. The maximum Gasteiger partial charge on any atom is 0.271 e. The van der Waals surface area contributed by atoms with Crippen molar-refractivity contribution in [3.63, 3.8) is 0 Å². The van der Waals surface area contributed by atoms with Gasteiger partial charge in [-0.05, 0) is 24.1 Å². The van der Waals surface area contributed by atoms with Crippen LogP contribution < -0.4 is 4.72 Å². The third-order valence-corrected chi connectivity index (χ3v) is 8.27. The van der Waals surface area contributed by atoms with Gasteiger partial charge in [0.1, 0.15) is 11.7 Å². The van der Waals surface area contributed by atoms with Crippen molar-refractivity contribution < 1.29 is 22.7 Å². The largest absolute Gasteiger partial charge is 0.378 e. The molecule has 3 rings (SSSR count). The molecule has 8 nitrogen and oxygen atoms in total. The number of carbonyl (C=O) groups excluding carboxylic acids is 2. The first-order valence-corrected chi connectivity index (χ1v) is 13.1. The van der Waals surface area contributed by atoms with Crippen LogP contribution in [0.5, 0.6) is 0 Å². The minimum Gasteiger partial charge on any atom is -0.378 e. The van der Waals surface area contributed by atoms with Gasteiger partial charge >= 0.3 is 0 Å². The molecule has 1 saturated heterocycles. The third kappa shape index (κ3) is 5.79. The molecule has 0 bridgehead atoms. The molecule has 0 spiro atoms. The molecule has 1 N–H and O–H groups in total. The normalized spacial score (nSPS) is 19.5. The molecular formula is C20H28ClN3O5S2. The van der Waals surface area contributed by atoms with Crippen LogP contribution in [0.15, 0.2) is 23.9 Å². The highest BCUT2D eigenvalue weighted by atomic mass is 35.5. The van der Waals surface area contributed by atoms with Crippen LogP contribution in [-0.4, -0.2) is 74.7 Å². The summed E-state index contributed by atoms with van der Waals surface area (Å²) in [5.41, 5.74) is -0.00293. The van der Waals surface area contributed by atoms with Crippen LogP contribution >= 0.6 is 22.9 Å². The molecule has 172 valence electrons. The average molecular weight is 490 g/mol. The van der Waals surface area contributed by atoms with E-state index >= 15 is 0 Å². The molecule has 3 heterocycles. The van der Waals surface area contributed by atoms with Gasteiger partial charge in [-0.15, -0.1) is 11.3 Å². The van der Waals surface area contributed by atoms with Gasteiger partial charge in [-0.25, -0.2) is 8.42 Å². The second-order valence-corrected chi connectivity index (χ2v) is 11.6. The molecule has 0 aromatic carbocycles. The van der Waals surface area contributed by atoms with E-state index < -0.39 is 22.0 Å². The summed E-state index contributed by atoms with van der Waals surface area (Å²) in [5.74, 6) is -1.17. The zero-order valence-corrected chi connectivity index (χ0v) is 20.2. The van der Waals surface area contributed by atoms with Crippen molar-refractivity contribution in [2.24, 2.45) is 5.92 Å². The number of nitrogens with one attached hydrogen (secondary N) is 1. The Balaban J connectivity index is 1.66. The SMILES string of the molecule is CC(CS(=O)(=O)NC1=CCN([C@H](C(=O)N2CCOCC2)C(C)C)C1=O)c1ccc(Cl)s1. The summed E-state index contributed by atoms with van der Waals surface area (Å²) in [4.78, 5) is 30.1. The zero-order chi connectivity index (χ0) is 22.8. The molecule has 1 unspecified atom stereocenters. The first-order chi connectivity index (χ1) is 14.6. The molecule has 31 heavy (non-hydrogen) atoms. The van der Waals surface area contributed by atoms with E-state index in [2.05, 4.69) is 4.72 Å². The van der Waals surface area contributed by atoms with E-state index in [1.165, 1.54) is 22.3 Å². The number of amides is 2. The summed E-state index contributed by atoms with van der Waals surface area (Å²) in [6, 6.07) is 2.88. The predicted octanol–water partition coefficient (Wildman–Crippen LogP) is 2.03. The Morgan fingerprint density at radius 3 is 2.52 bits per heavy atom. The van der Waals surface area contributed by atoms with Gasteiger partial charge in [0.2, 0.25) is 15.9 Å². The maximum absolute atomic E-state index is 13.1. The van der Waals surface area contributed by atoms with Crippen LogP contribution in [0.3, 0.4) is 0 Å². The van der Waals surface area contributed by atoms with Gasteiger partial charge in [-0.3, -0.25) is 14.3 Å². The fourth-order valence-corrected chi connectivity index (χ4v) is 6.45. The number of hydrogen-bond acceptors (Lipinski definition) is 6. The molecule has 11 heteroatoms. The predicted molar refractivity (Wildman–Crippen MR) is 120 cm³/mol. The Labute approximate surface area is 192 Å². The first kappa shape index (κ1) is 24.0. The van der Waals surface area contributed by atoms with Gasteiger partial charge in [0.25, 0.3) is 5.91 Å². The van der Waals surface area contributed by atoms with Gasteiger partial charge < -0.3 is 14.5 Å². The number of hydrogen-bond donors (Lipinski definition) is 1. The molecule has 0 saturated carbocycles. The van der Waals surface area contributed by atoms with Crippen molar-refractivity contribution in [2.45, 2.75) is 32.7 Å². The maximum atomic E-state index is 13.1. The van der Waals surface area contributed by atoms with Crippen molar-refractivity contribution in [2.75, 3.05) is 38.6 Å². The highest BCUT2D eigenvalue weighted by Gasteiger charge is 2.39. The Bertz CT molecular complexity index is 954. The monoisotopic (exact) mass is 489 g/mol. The standard InChI is InChI=1S/C20H28ClN3O5S2/c1-13(2)18(20(26)23-8-10-29-11-9-23)24-7-6-15(19(24)25)22-31(27,28)12-14(3)16-4-5-17(21)30-16/h4-6,13-14,18,22H,7-12H2,1-3H3/t14?,18-/m0/s1. The van der Waals surface area contributed by atoms with E-state index in [-0.39, 0.29) is 35.7 Å². The van der Waals surface area contributed by atoms with E-state index in [4.69, 9.17) is 16.3 Å². The second-order valence-electron chi connectivity index (χ2n) is 8.13. The fraction of sp³-hybridized carbons (Fsp3) is 0.600. The lowest BCUT2D eigenvalue weighted by Gasteiger charge is -2.36. The Morgan fingerprint density at radius 1 is 1.26 bits per heavy atom. The lowest BCUT2D eigenvalue weighted by molar-refractivity contribution is -0.147. The molecule has 1 aromatic heterocycles. The highest BCUT2D eigenvalue weighted by molar-refractivity contribution is 7.89. The van der Waals surface area contributed by atoms with Crippen LogP contribution in [0, 0.1) is 5.92 Å². The number of sulfonamides is 1. The van der Waals surface area contributed by atoms with E-state index in [0.29, 0.717) is 30.6 Å². The number of rotatable bonds is 8. The van der Waals surface area contributed by atoms with E-state index in [1.54, 1.807) is 24.0 Å². The lowest BCUT2D eigenvalue weighted by atomic mass is 10.0. The summed E-state index contributed by atoms with van der Waals surface area (Å²) in [6.45, 7) is 7.67. The Hall–Kier alpha value is -1.62. The third-order valence-electron chi connectivity index (χ3n) is 5.34. The molecular weight excluding hydrogens is 462 g/mol. The molecule has 2 atom stereocenters. The molecule has 2 aliphatic rings. The minimum absolute atomic E-state index is 0.00293. The van der Waals surface area contributed by atoms with Crippen LogP contribution in [0.2, 0.25) is 4.34 Å². The van der Waals surface area contributed by atoms with Crippen LogP contribution in [-0.2, 0) is 24.3 Å². The molecule has 2 amide bonds. The van der Waals surface area contributed by atoms with Crippen LogP contribution in [0.1, 0.15) is 31.6 Å². The first-order valence-electron chi connectivity index (χ1n) is 10.2. The quantitative estimate of drug-likeness (QED) is 0.602. The summed E-state index contributed by atoms with van der Waals surface area (Å²) >= 11 is 7.28. The topological polar surface area (TPSA) is 96.0 Å². The Morgan fingerprint density at radius 2 is 1.94 bits per heavy atom. The number of thiophene rings is 1. The van der Waals surface area contributed by atoms with Gasteiger partial charge in [0.05, 0.1) is 23.3 Å². The molecule has 0 aliphatic carbocycles. The molecule has 2 aliphatic heterocycles. The Kier molecular flexibility index (Phi) is 7.67. The van der Waals surface area contributed by atoms with E-state index in [9.17, 15) is 18.0 Å². The van der Waals surface area contributed by atoms with Gasteiger partial charge in [-0.1, -0.05) is 32.4 Å². The number of ether oxygens (including phenoxy) is 1. The van der Waals surface area contributed by atoms with Crippen molar-refractivity contribution in [3.8, 4) is 0 Å². The van der Waals surface area contributed by atoms with Crippen molar-refractivity contribution >= 4 is 44.8 Å². The van der Waals surface area contributed by atoms with Crippen LogP contribution in [0.4, 0.5) is 0 Å². The van der Waals surface area contributed by atoms with Crippen molar-refractivity contribution in [1.82, 2.24) is 14.5 Å². The van der Waals surface area contributed by atoms with Gasteiger partial charge in [-0.2, -0.15) is 0 Å². The zero-order valence-electron chi connectivity index (χ0n) is 17.8.